The maximum absolute atomic E-state index is 9.32. The molecule has 1 aliphatic rings. The Morgan fingerprint density at radius 1 is 0.917 bits per heavy atom. The molecular formula is C30H24N6. The van der Waals surface area contributed by atoms with E-state index in [0.717, 1.165) is 35.3 Å². The number of para-hydroxylation sites is 1. The maximum Gasteiger partial charge on any atom is 0.247 e. The molecule has 5 aromatic rings. The van der Waals surface area contributed by atoms with Crippen LogP contribution in [0.1, 0.15) is 30.9 Å². The minimum Gasteiger partial charge on any atom is -0.322 e. The van der Waals surface area contributed by atoms with Crippen molar-refractivity contribution >= 4 is 28.7 Å². The highest BCUT2D eigenvalue weighted by molar-refractivity contribution is 5.97. The van der Waals surface area contributed by atoms with Gasteiger partial charge in [0.25, 0.3) is 0 Å². The van der Waals surface area contributed by atoms with Crippen LogP contribution in [-0.4, -0.2) is 20.3 Å². The lowest BCUT2D eigenvalue weighted by Gasteiger charge is -2.15. The van der Waals surface area contributed by atoms with Gasteiger partial charge >= 0.3 is 0 Å². The average Bonchev–Trinajstić information content (AvgIpc) is 3.64. The normalized spacial score (nSPS) is 14.4. The molecule has 6 nitrogen and oxygen atoms in total. The molecule has 3 aromatic carbocycles. The Bertz CT molecular complexity index is 1620. The summed E-state index contributed by atoms with van der Waals surface area (Å²) in [5.74, 6) is 0.447. The number of benzene rings is 3. The summed E-state index contributed by atoms with van der Waals surface area (Å²) in [5, 5.41) is 17.0. The number of nitriles is 1. The molecule has 36 heavy (non-hydrogen) atoms. The molecule has 2 heterocycles. The van der Waals surface area contributed by atoms with Gasteiger partial charge in [-0.05, 0) is 67.3 Å². The lowest BCUT2D eigenvalue weighted by atomic mass is 9.91. The smallest absolute Gasteiger partial charge is 0.247 e. The summed E-state index contributed by atoms with van der Waals surface area (Å²) >= 11 is 0. The maximum atomic E-state index is 9.32. The molecule has 0 amide bonds. The van der Waals surface area contributed by atoms with Gasteiger partial charge in [-0.3, -0.25) is 4.99 Å². The van der Waals surface area contributed by atoms with E-state index in [0.29, 0.717) is 17.2 Å². The first kappa shape index (κ1) is 21.8. The zero-order valence-corrected chi connectivity index (χ0v) is 19.9. The molecule has 1 fully saturated rings. The molecule has 0 radical (unpaired) electrons. The molecule has 1 saturated carbocycles. The molecule has 0 atom stereocenters. The zero-order chi connectivity index (χ0) is 24.5. The number of pyridine rings is 1. The van der Waals surface area contributed by atoms with Gasteiger partial charge in [-0.15, -0.1) is 5.10 Å². The predicted molar refractivity (Wildman–Crippen MR) is 143 cm³/mol. The van der Waals surface area contributed by atoms with Crippen molar-refractivity contribution in [2.24, 2.45) is 4.99 Å². The number of aromatic nitrogens is 3. The SMILES string of the molecule is CC(=Nc1ccc(-c2ccc3nc(Nc4ccccc4C#N)nn3c2)cc1)C1(c2ccccc2)CC1. The second kappa shape index (κ2) is 8.79. The first-order chi connectivity index (χ1) is 17.6. The van der Waals surface area contributed by atoms with Gasteiger partial charge in [0.1, 0.15) is 6.07 Å². The van der Waals surface area contributed by atoms with Crippen molar-refractivity contribution < 1.29 is 0 Å². The topological polar surface area (TPSA) is 78.4 Å². The van der Waals surface area contributed by atoms with E-state index < -0.39 is 0 Å². The molecule has 2 aromatic heterocycles. The number of hydrogen-bond acceptors (Lipinski definition) is 5. The lowest BCUT2D eigenvalue weighted by molar-refractivity contribution is 0.940. The van der Waals surface area contributed by atoms with Crippen molar-refractivity contribution in [2.45, 2.75) is 25.2 Å². The highest BCUT2D eigenvalue weighted by atomic mass is 15.3. The predicted octanol–water partition coefficient (Wildman–Crippen LogP) is 6.84. The van der Waals surface area contributed by atoms with Crippen LogP contribution in [0.3, 0.4) is 0 Å². The summed E-state index contributed by atoms with van der Waals surface area (Å²) in [4.78, 5) is 9.50. The quantitative estimate of drug-likeness (QED) is 0.277. The Balaban J connectivity index is 1.23. The molecule has 0 spiro atoms. The van der Waals surface area contributed by atoms with E-state index >= 15 is 0 Å². The van der Waals surface area contributed by atoms with Gasteiger partial charge < -0.3 is 5.32 Å². The van der Waals surface area contributed by atoms with Crippen LogP contribution in [0, 0.1) is 11.3 Å². The molecule has 1 N–H and O–H groups in total. The molecule has 0 unspecified atom stereocenters. The van der Waals surface area contributed by atoms with E-state index in [1.165, 1.54) is 11.3 Å². The molecule has 0 saturated heterocycles. The number of anilines is 2. The summed E-state index contributed by atoms with van der Waals surface area (Å²) in [6.07, 6.45) is 4.27. The third-order valence-electron chi connectivity index (χ3n) is 6.89. The van der Waals surface area contributed by atoms with Crippen molar-refractivity contribution in [1.82, 2.24) is 14.6 Å². The summed E-state index contributed by atoms with van der Waals surface area (Å²) in [6, 6.07) is 32.5. The summed E-state index contributed by atoms with van der Waals surface area (Å²) < 4.78 is 1.75. The van der Waals surface area contributed by atoms with Gasteiger partial charge in [0.05, 0.1) is 16.9 Å². The molecule has 1 aliphatic carbocycles. The van der Waals surface area contributed by atoms with Crippen molar-refractivity contribution in [3.05, 3.63) is 108 Å². The minimum atomic E-state index is 0.0948. The largest absolute Gasteiger partial charge is 0.322 e. The van der Waals surface area contributed by atoms with Gasteiger partial charge in [0, 0.05) is 22.9 Å². The number of rotatable bonds is 6. The van der Waals surface area contributed by atoms with E-state index in [1.54, 1.807) is 10.6 Å². The second-order valence-electron chi connectivity index (χ2n) is 9.13. The number of fused-ring (bicyclic) bond motifs is 1. The third-order valence-corrected chi connectivity index (χ3v) is 6.89. The minimum absolute atomic E-state index is 0.0948. The van der Waals surface area contributed by atoms with E-state index in [2.05, 4.69) is 83.0 Å². The van der Waals surface area contributed by atoms with E-state index in [4.69, 9.17) is 4.99 Å². The van der Waals surface area contributed by atoms with Crippen LogP contribution in [-0.2, 0) is 5.41 Å². The number of aliphatic imine (C=N–C) groups is 1. The van der Waals surface area contributed by atoms with Gasteiger partial charge in [-0.2, -0.15) is 10.2 Å². The standard InChI is InChI=1S/C30H24N6/c1-21(30(17-18-30)25-8-3-2-4-9-25)32-26-14-11-22(12-15-26)24-13-16-28-34-29(35-36(28)20-24)33-27-10-6-5-7-23(27)19-31/h2-16,20H,17-18H2,1H3,(H,33,35). The van der Waals surface area contributed by atoms with Crippen LogP contribution in [0.15, 0.2) is 102 Å². The Morgan fingerprint density at radius 2 is 1.64 bits per heavy atom. The first-order valence-electron chi connectivity index (χ1n) is 12.0. The fourth-order valence-electron chi connectivity index (χ4n) is 4.69. The molecule has 0 aliphatic heterocycles. The highest BCUT2D eigenvalue weighted by Crippen LogP contribution is 2.49. The van der Waals surface area contributed by atoms with Gasteiger partial charge in [-0.25, -0.2) is 4.52 Å². The molecule has 6 rings (SSSR count). The van der Waals surface area contributed by atoms with E-state index in [-0.39, 0.29) is 5.41 Å². The number of hydrogen-bond donors (Lipinski definition) is 1. The zero-order valence-electron chi connectivity index (χ0n) is 19.9. The molecular weight excluding hydrogens is 444 g/mol. The van der Waals surface area contributed by atoms with Crippen LogP contribution >= 0.6 is 0 Å². The van der Waals surface area contributed by atoms with Crippen LogP contribution in [0.5, 0.6) is 0 Å². The number of nitrogens with zero attached hydrogens (tertiary/aromatic N) is 5. The molecule has 0 bridgehead atoms. The van der Waals surface area contributed by atoms with Crippen LogP contribution in [0.2, 0.25) is 0 Å². The second-order valence-corrected chi connectivity index (χ2v) is 9.13. The summed E-state index contributed by atoms with van der Waals surface area (Å²) in [5.41, 5.74) is 7.65. The van der Waals surface area contributed by atoms with Crippen molar-refractivity contribution in [3.8, 4) is 17.2 Å². The lowest BCUT2D eigenvalue weighted by Crippen LogP contribution is -2.16. The van der Waals surface area contributed by atoms with E-state index in [9.17, 15) is 5.26 Å². The Hall–Kier alpha value is -4.76. The van der Waals surface area contributed by atoms with Crippen LogP contribution in [0.4, 0.5) is 17.3 Å². The van der Waals surface area contributed by atoms with Crippen molar-refractivity contribution in [3.63, 3.8) is 0 Å². The van der Waals surface area contributed by atoms with Gasteiger partial charge in [0.2, 0.25) is 5.95 Å². The molecule has 6 heteroatoms. The fourth-order valence-corrected chi connectivity index (χ4v) is 4.69. The monoisotopic (exact) mass is 468 g/mol. The van der Waals surface area contributed by atoms with Crippen molar-refractivity contribution in [2.75, 3.05) is 5.32 Å². The Kier molecular flexibility index (Phi) is 5.31. The number of nitrogens with one attached hydrogen (secondary N) is 1. The van der Waals surface area contributed by atoms with Gasteiger partial charge in [-0.1, -0.05) is 54.6 Å². The Morgan fingerprint density at radius 3 is 2.39 bits per heavy atom. The average molecular weight is 469 g/mol. The summed E-state index contributed by atoms with van der Waals surface area (Å²) in [6.45, 7) is 2.15. The fraction of sp³-hybridized carbons (Fsp3) is 0.133. The summed E-state index contributed by atoms with van der Waals surface area (Å²) in [7, 11) is 0. The van der Waals surface area contributed by atoms with Crippen LogP contribution in [0.25, 0.3) is 16.8 Å². The third kappa shape index (κ3) is 4.01. The van der Waals surface area contributed by atoms with E-state index in [1.807, 2.05) is 36.5 Å². The first-order valence-corrected chi connectivity index (χ1v) is 12.0. The van der Waals surface area contributed by atoms with Crippen molar-refractivity contribution in [1.29, 1.82) is 5.26 Å². The highest BCUT2D eigenvalue weighted by Gasteiger charge is 2.46. The Labute approximate surface area is 209 Å². The van der Waals surface area contributed by atoms with Crippen LogP contribution < -0.4 is 5.32 Å². The van der Waals surface area contributed by atoms with Gasteiger partial charge in [0.15, 0.2) is 5.65 Å². The molecule has 174 valence electrons.